The van der Waals surface area contributed by atoms with Crippen molar-refractivity contribution in [2.75, 3.05) is 6.61 Å². The molecule has 2 aromatic rings. The van der Waals surface area contributed by atoms with Crippen LogP contribution in [0.4, 0.5) is 4.39 Å². The highest BCUT2D eigenvalue weighted by Gasteiger charge is 2.35. The minimum atomic E-state index is -0.185. The highest BCUT2D eigenvalue weighted by atomic mass is 19.1. The third kappa shape index (κ3) is 4.90. The molecule has 1 nitrogen and oxygen atoms in total. The Morgan fingerprint density at radius 2 is 1.87 bits per heavy atom. The zero-order chi connectivity index (χ0) is 20.9. The van der Waals surface area contributed by atoms with Gasteiger partial charge in [0.2, 0.25) is 0 Å². The number of ether oxygens (including phenoxy) is 1. The molecule has 2 aliphatic rings. The molecule has 0 spiro atoms. The first-order chi connectivity index (χ1) is 14.7. The minimum absolute atomic E-state index is 0.185. The van der Waals surface area contributed by atoms with Crippen LogP contribution in [-0.4, -0.2) is 6.61 Å². The van der Waals surface area contributed by atoms with Crippen molar-refractivity contribution in [2.45, 2.75) is 77.0 Å². The summed E-state index contributed by atoms with van der Waals surface area (Å²) in [6.07, 6.45) is 15.5. The fraction of sp³-hybridized carbons (Fsp3) is 0.571. The Labute approximate surface area is 181 Å². The summed E-state index contributed by atoms with van der Waals surface area (Å²) in [6.45, 7) is 6.35. The Morgan fingerprint density at radius 1 is 1.03 bits per heavy atom. The van der Waals surface area contributed by atoms with Crippen LogP contribution in [0.2, 0.25) is 0 Å². The fourth-order valence-electron chi connectivity index (χ4n) is 6.03. The van der Waals surface area contributed by atoms with E-state index in [0.29, 0.717) is 18.3 Å². The third-order valence-corrected chi connectivity index (χ3v) is 7.68. The van der Waals surface area contributed by atoms with Gasteiger partial charge in [0, 0.05) is 11.5 Å². The second kappa shape index (κ2) is 9.98. The second-order valence-corrected chi connectivity index (χ2v) is 9.69. The van der Waals surface area contributed by atoms with Gasteiger partial charge in [-0.2, -0.15) is 0 Å². The van der Waals surface area contributed by atoms with Gasteiger partial charge in [0.15, 0.2) is 0 Å². The normalized spacial score (nSPS) is 26.3. The van der Waals surface area contributed by atoms with Gasteiger partial charge in [-0.3, -0.25) is 0 Å². The van der Waals surface area contributed by atoms with Gasteiger partial charge in [0.1, 0.15) is 18.2 Å². The van der Waals surface area contributed by atoms with Crippen molar-refractivity contribution < 1.29 is 9.13 Å². The topological polar surface area (TPSA) is 9.23 Å². The van der Waals surface area contributed by atoms with E-state index >= 15 is 0 Å². The van der Waals surface area contributed by atoms with Gasteiger partial charge >= 0.3 is 0 Å². The van der Waals surface area contributed by atoms with Gasteiger partial charge < -0.3 is 4.74 Å². The van der Waals surface area contributed by atoms with Crippen molar-refractivity contribution in [1.82, 2.24) is 0 Å². The Bertz CT molecular complexity index is 857. The highest BCUT2D eigenvalue weighted by molar-refractivity contribution is 5.85. The van der Waals surface area contributed by atoms with Crippen LogP contribution in [0.25, 0.3) is 10.8 Å². The molecule has 2 heteroatoms. The van der Waals surface area contributed by atoms with E-state index in [1.165, 1.54) is 75.8 Å². The number of benzene rings is 2. The number of hydrogen-bond donors (Lipinski definition) is 0. The maximum atomic E-state index is 14.8. The van der Waals surface area contributed by atoms with Crippen LogP contribution >= 0.6 is 0 Å². The fourth-order valence-corrected chi connectivity index (χ4v) is 6.03. The SMILES string of the molecule is C=CCOc1cc(F)c2cc([C@@H]3CC[C@@H]4CC(CCCCC)CCC4C3)ccc2c1. The first-order valence-electron chi connectivity index (χ1n) is 12.1. The van der Waals surface area contributed by atoms with Crippen LogP contribution in [0.15, 0.2) is 43.0 Å². The van der Waals surface area contributed by atoms with Gasteiger partial charge in [-0.25, -0.2) is 4.39 Å². The van der Waals surface area contributed by atoms with Crippen molar-refractivity contribution in [1.29, 1.82) is 0 Å². The smallest absolute Gasteiger partial charge is 0.134 e. The van der Waals surface area contributed by atoms with E-state index in [0.717, 1.165) is 28.5 Å². The summed E-state index contributed by atoms with van der Waals surface area (Å²) >= 11 is 0. The molecule has 2 fully saturated rings. The van der Waals surface area contributed by atoms with Gasteiger partial charge in [-0.05, 0) is 78.9 Å². The van der Waals surface area contributed by atoms with Crippen LogP contribution in [0, 0.1) is 23.6 Å². The van der Waals surface area contributed by atoms with Crippen molar-refractivity contribution in [3.8, 4) is 5.75 Å². The first kappa shape index (κ1) is 21.4. The van der Waals surface area contributed by atoms with Crippen molar-refractivity contribution in [2.24, 2.45) is 17.8 Å². The molecule has 0 aromatic heterocycles. The number of hydrogen-bond acceptors (Lipinski definition) is 1. The molecule has 162 valence electrons. The van der Waals surface area contributed by atoms with Crippen LogP contribution in [-0.2, 0) is 0 Å². The Hall–Kier alpha value is -1.83. The maximum Gasteiger partial charge on any atom is 0.134 e. The predicted molar refractivity (Wildman–Crippen MR) is 125 cm³/mol. The standard InChI is InChI=1S/C28H37FO/c1-3-5-6-7-20-8-9-22-16-23(11-10-21(22)15-20)24-12-13-25-17-26(30-14-4-2)19-28(29)27(25)18-24/h4,12-13,17-23H,2-3,5-11,14-16H2,1H3/t20?,21-,22?,23-/m1/s1. The number of fused-ring (bicyclic) bond motifs is 2. The quantitative estimate of drug-likeness (QED) is 0.314. The van der Waals surface area contributed by atoms with Crippen LogP contribution in [0.1, 0.15) is 82.6 Å². The monoisotopic (exact) mass is 408 g/mol. The average Bonchev–Trinajstić information content (AvgIpc) is 2.77. The molecule has 2 saturated carbocycles. The van der Waals surface area contributed by atoms with Crippen LogP contribution < -0.4 is 4.74 Å². The Kier molecular flexibility index (Phi) is 7.12. The minimum Gasteiger partial charge on any atom is -0.489 e. The van der Waals surface area contributed by atoms with Crippen LogP contribution in [0.5, 0.6) is 5.75 Å². The van der Waals surface area contributed by atoms with E-state index in [9.17, 15) is 4.39 Å². The van der Waals surface area contributed by atoms with Gasteiger partial charge in [0.25, 0.3) is 0 Å². The summed E-state index contributed by atoms with van der Waals surface area (Å²) in [4.78, 5) is 0. The molecule has 30 heavy (non-hydrogen) atoms. The van der Waals surface area contributed by atoms with Crippen LogP contribution in [0.3, 0.4) is 0 Å². The molecule has 0 N–H and O–H groups in total. The molecule has 4 atom stereocenters. The second-order valence-electron chi connectivity index (χ2n) is 9.69. The van der Waals surface area contributed by atoms with Gasteiger partial charge in [-0.1, -0.05) is 63.8 Å². The lowest BCUT2D eigenvalue weighted by Gasteiger charge is -2.42. The maximum absolute atomic E-state index is 14.8. The molecule has 0 saturated heterocycles. The molecule has 0 amide bonds. The number of rotatable bonds is 8. The zero-order valence-corrected chi connectivity index (χ0v) is 18.5. The van der Waals surface area contributed by atoms with Crippen molar-refractivity contribution >= 4 is 10.8 Å². The molecule has 2 aliphatic carbocycles. The molecule has 2 aromatic carbocycles. The third-order valence-electron chi connectivity index (χ3n) is 7.68. The molecule has 0 radical (unpaired) electrons. The van der Waals surface area contributed by atoms with Gasteiger partial charge in [0.05, 0.1) is 0 Å². The van der Waals surface area contributed by atoms with Gasteiger partial charge in [-0.15, -0.1) is 0 Å². The summed E-state index contributed by atoms with van der Waals surface area (Å²) < 4.78 is 20.3. The van der Waals surface area contributed by atoms with E-state index in [1.807, 2.05) is 6.07 Å². The zero-order valence-electron chi connectivity index (χ0n) is 18.5. The molecule has 0 aliphatic heterocycles. The predicted octanol–water partition coefficient (Wildman–Crippen LogP) is 8.42. The summed E-state index contributed by atoms with van der Waals surface area (Å²) in [5.74, 6) is 3.76. The first-order valence-corrected chi connectivity index (χ1v) is 12.1. The van der Waals surface area contributed by atoms with Crippen molar-refractivity contribution in [3.05, 3.63) is 54.4 Å². The molecule has 0 bridgehead atoms. The number of unbranched alkanes of at least 4 members (excludes halogenated alkanes) is 2. The molecule has 0 heterocycles. The summed E-state index contributed by atoms with van der Waals surface area (Å²) in [5.41, 5.74) is 1.32. The largest absolute Gasteiger partial charge is 0.489 e. The Morgan fingerprint density at radius 3 is 2.70 bits per heavy atom. The van der Waals surface area contributed by atoms with E-state index in [1.54, 1.807) is 6.08 Å². The molecule has 4 rings (SSSR count). The molecule has 2 unspecified atom stereocenters. The summed E-state index contributed by atoms with van der Waals surface area (Å²) in [7, 11) is 0. The summed E-state index contributed by atoms with van der Waals surface area (Å²) in [6, 6.07) is 9.84. The lowest BCUT2D eigenvalue weighted by Crippen LogP contribution is -2.30. The van der Waals surface area contributed by atoms with E-state index in [4.69, 9.17) is 4.74 Å². The number of halogens is 1. The molecular weight excluding hydrogens is 371 g/mol. The van der Waals surface area contributed by atoms with Crippen molar-refractivity contribution in [3.63, 3.8) is 0 Å². The lowest BCUT2D eigenvalue weighted by atomic mass is 9.63. The van der Waals surface area contributed by atoms with E-state index in [-0.39, 0.29) is 5.82 Å². The lowest BCUT2D eigenvalue weighted by molar-refractivity contribution is 0.113. The summed E-state index contributed by atoms with van der Waals surface area (Å²) in [5, 5.41) is 1.64. The highest BCUT2D eigenvalue weighted by Crippen LogP contribution is 2.48. The molecular formula is C28H37FO. The van der Waals surface area contributed by atoms with E-state index in [2.05, 4.69) is 31.7 Å². The van der Waals surface area contributed by atoms with E-state index < -0.39 is 0 Å². The Balaban J connectivity index is 1.42. The average molecular weight is 409 g/mol.